The van der Waals surface area contributed by atoms with Gasteiger partial charge < -0.3 is 9.47 Å². The number of halogens is 1. The average molecular weight is 268 g/mol. The Hall–Kier alpha value is -1.58. The Kier molecular flexibility index (Phi) is 4.92. The van der Waals surface area contributed by atoms with Crippen molar-refractivity contribution in [1.29, 1.82) is 0 Å². The Balaban J connectivity index is 2.98. The van der Waals surface area contributed by atoms with Crippen LogP contribution in [0, 0.1) is 6.92 Å². The molecule has 1 rings (SSSR count). The minimum atomic E-state index is -2.09. The van der Waals surface area contributed by atoms with Gasteiger partial charge in [-0.05, 0) is 30.9 Å². The number of rotatable bonds is 4. The molecule has 0 spiro atoms. The molecule has 0 bridgehead atoms. The van der Waals surface area contributed by atoms with Crippen LogP contribution in [0.2, 0.25) is 0 Å². The number of ether oxygens (including phenoxy) is 2. The lowest BCUT2D eigenvalue weighted by molar-refractivity contribution is -0.159. The van der Waals surface area contributed by atoms with Gasteiger partial charge in [-0.2, -0.15) is 4.39 Å². The Morgan fingerprint density at radius 3 is 2.53 bits per heavy atom. The quantitative estimate of drug-likeness (QED) is 0.784. The third-order valence-corrected chi connectivity index (χ3v) is 2.65. The largest absolute Gasteiger partial charge is 0.461 e. The third-order valence-electron chi connectivity index (χ3n) is 2.65. The first-order valence-corrected chi connectivity index (χ1v) is 6.34. The molecule has 1 aromatic rings. The van der Waals surface area contributed by atoms with Gasteiger partial charge in [0.05, 0.1) is 6.61 Å². The Morgan fingerprint density at radius 1 is 1.37 bits per heavy atom. The molecule has 0 saturated carbocycles. The molecule has 106 valence electrons. The molecule has 4 heteroatoms. The Morgan fingerprint density at radius 2 is 2.00 bits per heavy atom. The highest BCUT2D eigenvalue weighted by molar-refractivity contribution is 5.73. The molecule has 0 saturated heterocycles. The van der Waals surface area contributed by atoms with Gasteiger partial charge >= 0.3 is 12.3 Å². The van der Waals surface area contributed by atoms with Crippen LogP contribution in [0.4, 0.5) is 4.39 Å². The van der Waals surface area contributed by atoms with Gasteiger partial charge in [-0.15, -0.1) is 0 Å². The van der Waals surface area contributed by atoms with Crippen molar-refractivity contribution in [2.75, 3.05) is 6.61 Å². The lowest BCUT2D eigenvalue weighted by Crippen LogP contribution is -2.26. The molecule has 3 nitrogen and oxygen atoms in total. The van der Waals surface area contributed by atoms with E-state index < -0.39 is 12.3 Å². The fourth-order valence-corrected chi connectivity index (χ4v) is 1.70. The van der Waals surface area contributed by atoms with Crippen LogP contribution in [0.15, 0.2) is 18.2 Å². The number of aryl methyl sites for hydroxylation is 1. The summed E-state index contributed by atoms with van der Waals surface area (Å²) in [7, 11) is 0. The predicted molar refractivity (Wildman–Crippen MR) is 72.0 cm³/mol. The summed E-state index contributed by atoms with van der Waals surface area (Å²) in [6.45, 7) is 9.72. The number of hydrogen-bond acceptors (Lipinski definition) is 3. The van der Waals surface area contributed by atoms with Crippen molar-refractivity contribution in [1.82, 2.24) is 0 Å². The summed E-state index contributed by atoms with van der Waals surface area (Å²) in [5, 5.41) is 0. The van der Waals surface area contributed by atoms with Gasteiger partial charge in [0, 0.05) is 0 Å². The molecule has 0 aliphatic rings. The summed E-state index contributed by atoms with van der Waals surface area (Å²) in [6.07, 6.45) is -2.09. The highest BCUT2D eigenvalue weighted by atomic mass is 19.1. The van der Waals surface area contributed by atoms with E-state index in [2.05, 4.69) is 4.74 Å². The summed E-state index contributed by atoms with van der Waals surface area (Å²) < 4.78 is 23.3. The second kappa shape index (κ2) is 6.04. The zero-order chi connectivity index (χ0) is 14.6. The first-order valence-electron chi connectivity index (χ1n) is 6.34. The average Bonchev–Trinajstić information content (AvgIpc) is 2.30. The van der Waals surface area contributed by atoms with E-state index in [1.807, 2.05) is 39.8 Å². The van der Waals surface area contributed by atoms with E-state index in [4.69, 9.17) is 4.74 Å². The van der Waals surface area contributed by atoms with E-state index in [-0.39, 0.29) is 12.0 Å². The number of hydrogen-bond donors (Lipinski definition) is 0. The van der Waals surface area contributed by atoms with Gasteiger partial charge in [-0.25, -0.2) is 4.79 Å². The normalized spacial score (nSPS) is 12.9. The topological polar surface area (TPSA) is 35.5 Å². The van der Waals surface area contributed by atoms with Gasteiger partial charge in [0.15, 0.2) is 0 Å². The van der Waals surface area contributed by atoms with Crippen LogP contribution in [0.3, 0.4) is 0 Å². The molecule has 0 aromatic heterocycles. The van der Waals surface area contributed by atoms with Gasteiger partial charge in [-0.1, -0.05) is 38.5 Å². The molecule has 0 radical (unpaired) electrons. The first kappa shape index (κ1) is 15.5. The van der Waals surface area contributed by atoms with Crippen molar-refractivity contribution >= 4 is 5.97 Å². The molecule has 19 heavy (non-hydrogen) atoms. The zero-order valence-corrected chi connectivity index (χ0v) is 12.1. The van der Waals surface area contributed by atoms with Crippen LogP contribution in [0.25, 0.3) is 0 Å². The van der Waals surface area contributed by atoms with Gasteiger partial charge in [0.2, 0.25) is 0 Å². The molecule has 0 heterocycles. The lowest BCUT2D eigenvalue weighted by atomic mass is 9.85. The first-order chi connectivity index (χ1) is 8.75. The van der Waals surface area contributed by atoms with Crippen molar-refractivity contribution in [3.63, 3.8) is 0 Å². The van der Waals surface area contributed by atoms with E-state index in [1.165, 1.54) is 0 Å². The SMILES string of the molecule is CCOC(=O)C(F)Oc1ccc(C)cc1C(C)(C)C. The van der Waals surface area contributed by atoms with Crippen molar-refractivity contribution in [3.8, 4) is 5.75 Å². The van der Waals surface area contributed by atoms with E-state index in [0.717, 1.165) is 11.1 Å². The fraction of sp³-hybridized carbons (Fsp3) is 0.533. The lowest BCUT2D eigenvalue weighted by Gasteiger charge is -2.24. The van der Waals surface area contributed by atoms with Gasteiger partial charge in [0.25, 0.3) is 0 Å². The molecule has 0 fully saturated rings. The van der Waals surface area contributed by atoms with Crippen molar-refractivity contribution in [2.24, 2.45) is 0 Å². The van der Waals surface area contributed by atoms with Crippen LogP contribution in [0.1, 0.15) is 38.8 Å². The minimum Gasteiger partial charge on any atom is -0.461 e. The van der Waals surface area contributed by atoms with Crippen LogP contribution in [0.5, 0.6) is 5.75 Å². The molecule has 0 aliphatic heterocycles. The number of alkyl halides is 1. The van der Waals surface area contributed by atoms with Crippen LogP contribution in [-0.2, 0) is 14.9 Å². The predicted octanol–water partition coefficient (Wildman–Crippen LogP) is 3.53. The smallest absolute Gasteiger partial charge is 0.381 e. The van der Waals surface area contributed by atoms with E-state index in [9.17, 15) is 9.18 Å². The maximum absolute atomic E-state index is 13.6. The van der Waals surface area contributed by atoms with Crippen LogP contribution >= 0.6 is 0 Å². The molecule has 0 N–H and O–H groups in total. The molecular weight excluding hydrogens is 247 g/mol. The monoisotopic (exact) mass is 268 g/mol. The number of benzene rings is 1. The van der Waals surface area contributed by atoms with E-state index in [1.54, 1.807) is 13.0 Å². The number of carbonyl (C=O) groups excluding carboxylic acids is 1. The Bertz CT molecular complexity index is 449. The molecule has 0 aliphatic carbocycles. The molecule has 1 aromatic carbocycles. The third kappa shape index (κ3) is 4.23. The van der Waals surface area contributed by atoms with Crippen LogP contribution in [-0.4, -0.2) is 18.9 Å². The maximum atomic E-state index is 13.6. The zero-order valence-electron chi connectivity index (χ0n) is 12.1. The number of esters is 1. The minimum absolute atomic E-state index is 0.128. The summed E-state index contributed by atoms with van der Waals surface area (Å²) in [5.74, 6) is -0.624. The summed E-state index contributed by atoms with van der Waals surface area (Å²) in [6, 6.07) is 5.44. The number of carbonyl (C=O) groups is 1. The highest BCUT2D eigenvalue weighted by Crippen LogP contribution is 2.32. The highest BCUT2D eigenvalue weighted by Gasteiger charge is 2.25. The van der Waals surface area contributed by atoms with Crippen molar-refractivity contribution in [3.05, 3.63) is 29.3 Å². The summed E-state index contributed by atoms with van der Waals surface area (Å²) >= 11 is 0. The maximum Gasteiger partial charge on any atom is 0.381 e. The molecule has 1 unspecified atom stereocenters. The van der Waals surface area contributed by atoms with Gasteiger partial charge in [0.1, 0.15) is 5.75 Å². The van der Waals surface area contributed by atoms with Crippen molar-refractivity contribution in [2.45, 2.75) is 46.4 Å². The Labute approximate surface area is 113 Å². The fourth-order valence-electron chi connectivity index (χ4n) is 1.70. The summed E-state index contributed by atoms with van der Waals surface area (Å²) in [5.41, 5.74) is 1.72. The van der Waals surface area contributed by atoms with Crippen LogP contribution < -0.4 is 4.74 Å². The van der Waals surface area contributed by atoms with Gasteiger partial charge in [-0.3, -0.25) is 0 Å². The summed E-state index contributed by atoms with van der Waals surface area (Å²) in [4.78, 5) is 11.3. The second-order valence-electron chi connectivity index (χ2n) is 5.44. The van der Waals surface area contributed by atoms with E-state index in [0.29, 0.717) is 5.75 Å². The second-order valence-corrected chi connectivity index (χ2v) is 5.44. The molecule has 1 atom stereocenters. The standard InChI is InChI=1S/C15H21FO3/c1-6-18-14(17)13(16)19-12-8-7-10(2)9-11(12)15(3,4)5/h7-9,13H,6H2,1-5H3. The van der Waals surface area contributed by atoms with Crippen molar-refractivity contribution < 1.29 is 18.7 Å². The molecule has 0 amide bonds. The van der Waals surface area contributed by atoms with E-state index >= 15 is 0 Å². The molecular formula is C15H21FO3.